The molecule has 0 spiro atoms. The average Bonchev–Trinajstić information content (AvgIpc) is 3.57. The van der Waals surface area contributed by atoms with Gasteiger partial charge in [0.05, 0.1) is 17.8 Å². The number of nitrogens with one attached hydrogen (secondary N) is 1. The van der Waals surface area contributed by atoms with Gasteiger partial charge in [0.2, 0.25) is 0 Å². The molecule has 33 heavy (non-hydrogen) atoms. The van der Waals surface area contributed by atoms with Crippen LogP contribution in [0.5, 0.6) is 5.75 Å². The van der Waals surface area contributed by atoms with Gasteiger partial charge in [-0.15, -0.1) is 10.2 Å². The third-order valence-electron chi connectivity index (χ3n) is 7.00. The van der Waals surface area contributed by atoms with Gasteiger partial charge in [0.25, 0.3) is 0 Å². The number of fused-ring (bicyclic) bond motifs is 2. The van der Waals surface area contributed by atoms with Crippen molar-refractivity contribution >= 4 is 5.82 Å². The quantitative estimate of drug-likeness (QED) is 0.611. The summed E-state index contributed by atoms with van der Waals surface area (Å²) in [6.07, 6.45) is 8.28. The smallest absolute Gasteiger partial charge is 0.185 e. The summed E-state index contributed by atoms with van der Waals surface area (Å²) in [5, 5.41) is 27.0. The number of anilines is 1. The van der Waals surface area contributed by atoms with Crippen LogP contribution in [0.25, 0.3) is 22.8 Å². The second-order valence-electron chi connectivity index (χ2n) is 9.40. The number of aryl methyl sites for hydroxylation is 1. The van der Waals surface area contributed by atoms with Crippen molar-refractivity contribution in [1.82, 2.24) is 35.3 Å². The zero-order chi connectivity index (χ0) is 22.5. The molecule has 4 heterocycles. The Morgan fingerprint density at radius 3 is 2.70 bits per heavy atom. The minimum Gasteiger partial charge on any atom is -0.507 e. The van der Waals surface area contributed by atoms with E-state index in [-0.39, 0.29) is 17.8 Å². The van der Waals surface area contributed by atoms with Crippen molar-refractivity contribution in [2.24, 2.45) is 7.05 Å². The SMILES string of the molecule is Cn1cnc(-c2ccc(-c3ncc(N(C4CC4)[C@@H]4C[C@@H]5CCC[C@@H](N5)[C@@H]4F)nn3)c(O)c2)n1. The Kier molecular flexibility index (Phi) is 4.97. The molecule has 2 bridgehead atoms. The lowest BCUT2D eigenvalue weighted by atomic mass is 9.82. The number of aromatic nitrogens is 6. The number of rotatable bonds is 5. The fraction of sp³-hybridized carbons (Fsp3) is 0.522. The molecule has 0 unspecified atom stereocenters. The van der Waals surface area contributed by atoms with Crippen molar-refractivity contribution in [1.29, 1.82) is 0 Å². The van der Waals surface area contributed by atoms with Crippen LogP contribution in [0.15, 0.2) is 30.7 Å². The lowest BCUT2D eigenvalue weighted by molar-refractivity contribution is 0.104. The molecule has 1 aromatic carbocycles. The molecule has 3 aliphatic rings. The number of halogens is 1. The Hall–Kier alpha value is -3.14. The highest BCUT2D eigenvalue weighted by atomic mass is 19.1. The minimum atomic E-state index is -0.930. The van der Waals surface area contributed by atoms with Crippen LogP contribution in [0.1, 0.15) is 38.5 Å². The average molecular weight is 451 g/mol. The van der Waals surface area contributed by atoms with E-state index in [0.29, 0.717) is 40.7 Å². The van der Waals surface area contributed by atoms with E-state index in [1.165, 1.54) is 0 Å². The van der Waals surface area contributed by atoms with E-state index in [9.17, 15) is 5.11 Å². The molecule has 3 aromatic rings. The summed E-state index contributed by atoms with van der Waals surface area (Å²) in [5.41, 5.74) is 1.18. The van der Waals surface area contributed by atoms with Gasteiger partial charge < -0.3 is 15.3 Å². The topological polar surface area (TPSA) is 105 Å². The lowest BCUT2D eigenvalue weighted by Crippen LogP contribution is -2.62. The molecule has 2 aromatic heterocycles. The zero-order valence-corrected chi connectivity index (χ0v) is 18.5. The van der Waals surface area contributed by atoms with E-state index in [1.54, 1.807) is 36.4 Å². The monoisotopic (exact) mass is 450 g/mol. The summed E-state index contributed by atoms with van der Waals surface area (Å²) in [6.45, 7) is 0. The van der Waals surface area contributed by atoms with Crippen LogP contribution in [0.3, 0.4) is 0 Å². The second-order valence-corrected chi connectivity index (χ2v) is 9.40. The molecule has 1 aliphatic carbocycles. The summed E-state index contributed by atoms with van der Waals surface area (Å²) in [7, 11) is 1.79. The molecular weight excluding hydrogens is 423 g/mol. The van der Waals surface area contributed by atoms with Crippen molar-refractivity contribution in [3.63, 3.8) is 0 Å². The fourth-order valence-corrected chi connectivity index (χ4v) is 5.27. The van der Waals surface area contributed by atoms with E-state index >= 15 is 4.39 Å². The van der Waals surface area contributed by atoms with Gasteiger partial charge in [-0.3, -0.25) is 4.68 Å². The molecule has 6 rings (SSSR count). The number of alkyl halides is 1. The molecule has 0 amide bonds. The number of hydrogen-bond donors (Lipinski definition) is 2. The van der Waals surface area contributed by atoms with Gasteiger partial charge in [0, 0.05) is 30.7 Å². The Morgan fingerprint density at radius 2 is 2.00 bits per heavy atom. The van der Waals surface area contributed by atoms with Crippen molar-refractivity contribution in [2.75, 3.05) is 4.90 Å². The largest absolute Gasteiger partial charge is 0.507 e. The van der Waals surface area contributed by atoms with Crippen LogP contribution in [-0.4, -0.2) is 65.4 Å². The molecule has 3 fully saturated rings. The first-order chi connectivity index (χ1) is 16.1. The molecule has 172 valence electrons. The van der Waals surface area contributed by atoms with Gasteiger partial charge in [-0.05, 0) is 44.2 Å². The Morgan fingerprint density at radius 1 is 1.12 bits per heavy atom. The van der Waals surface area contributed by atoms with E-state index in [2.05, 4.69) is 35.5 Å². The summed E-state index contributed by atoms with van der Waals surface area (Å²) < 4.78 is 17.0. The number of piperidine rings is 2. The maximum atomic E-state index is 15.4. The highest BCUT2D eigenvalue weighted by Gasteiger charge is 2.46. The molecule has 2 N–H and O–H groups in total. The van der Waals surface area contributed by atoms with Crippen molar-refractivity contribution in [3.8, 4) is 28.5 Å². The lowest BCUT2D eigenvalue weighted by Gasteiger charge is -2.47. The predicted octanol–water partition coefficient (Wildman–Crippen LogP) is 2.63. The number of phenols is 1. The third kappa shape index (κ3) is 3.82. The van der Waals surface area contributed by atoms with E-state index in [1.807, 2.05) is 6.07 Å². The van der Waals surface area contributed by atoms with Crippen LogP contribution in [-0.2, 0) is 7.05 Å². The van der Waals surface area contributed by atoms with Crippen LogP contribution in [0.4, 0.5) is 10.2 Å². The summed E-state index contributed by atoms with van der Waals surface area (Å²) in [6, 6.07) is 5.54. The van der Waals surface area contributed by atoms with E-state index in [0.717, 1.165) is 38.5 Å². The van der Waals surface area contributed by atoms with E-state index in [4.69, 9.17) is 0 Å². The molecular formula is C23H27FN8O. The van der Waals surface area contributed by atoms with Crippen molar-refractivity contribution in [2.45, 2.75) is 68.9 Å². The van der Waals surface area contributed by atoms with Crippen LogP contribution < -0.4 is 10.2 Å². The molecule has 4 atom stereocenters. The molecule has 2 aliphatic heterocycles. The Balaban J connectivity index is 1.26. The molecule has 10 heteroatoms. The highest BCUT2D eigenvalue weighted by molar-refractivity contribution is 5.70. The number of aromatic hydroxyl groups is 1. The number of benzene rings is 1. The number of phenolic OH excluding ortho intramolecular Hbond substituents is 1. The third-order valence-corrected chi connectivity index (χ3v) is 7.00. The van der Waals surface area contributed by atoms with Gasteiger partial charge in [-0.1, -0.05) is 12.5 Å². The molecule has 1 saturated carbocycles. The summed E-state index contributed by atoms with van der Waals surface area (Å²) in [5.74, 6) is 1.50. The molecule has 2 saturated heterocycles. The van der Waals surface area contributed by atoms with Crippen molar-refractivity contribution < 1.29 is 9.50 Å². The van der Waals surface area contributed by atoms with Gasteiger partial charge in [-0.2, -0.15) is 5.10 Å². The maximum Gasteiger partial charge on any atom is 0.185 e. The maximum absolute atomic E-state index is 15.4. The molecule has 0 radical (unpaired) electrons. The zero-order valence-electron chi connectivity index (χ0n) is 18.5. The van der Waals surface area contributed by atoms with Gasteiger partial charge in [0.1, 0.15) is 18.2 Å². The Bertz CT molecular complexity index is 1150. The summed E-state index contributed by atoms with van der Waals surface area (Å²) >= 11 is 0. The van der Waals surface area contributed by atoms with Gasteiger partial charge >= 0.3 is 0 Å². The van der Waals surface area contributed by atoms with Gasteiger partial charge in [-0.25, -0.2) is 14.4 Å². The standard InChI is InChI=1S/C23H27FN8O/c1-31-12-26-22(30-31)13-5-8-16(19(33)9-13)23-25-11-20(28-29-23)32(15-6-7-15)18-10-14-3-2-4-17(27-14)21(18)24/h5,8-9,11-12,14-15,17-18,21,27,33H,2-4,6-7,10H2,1H3/t14-,17+,18+,21-/m0/s1. The molecule has 9 nitrogen and oxygen atoms in total. The predicted molar refractivity (Wildman–Crippen MR) is 120 cm³/mol. The van der Waals surface area contributed by atoms with Crippen LogP contribution in [0, 0.1) is 0 Å². The minimum absolute atomic E-state index is 0.0311. The first kappa shape index (κ1) is 20.5. The number of nitrogens with zero attached hydrogens (tertiary/aromatic N) is 7. The van der Waals surface area contributed by atoms with Crippen LogP contribution in [0.2, 0.25) is 0 Å². The second kappa shape index (κ2) is 8.02. The van der Waals surface area contributed by atoms with Gasteiger partial charge in [0.15, 0.2) is 17.5 Å². The van der Waals surface area contributed by atoms with E-state index < -0.39 is 6.17 Å². The first-order valence-corrected chi connectivity index (χ1v) is 11.6. The summed E-state index contributed by atoms with van der Waals surface area (Å²) in [4.78, 5) is 10.8. The van der Waals surface area contributed by atoms with Crippen LogP contribution >= 0.6 is 0 Å². The highest BCUT2D eigenvalue weighted by Crippen LogP contribution is 2.39. The van der Waals surface area contributed by atoms with Crippen molar-refractivity contribution in [3.05, 3.63) is 30.7 Å². The first-order valence-electron chi connectivity index (χ1n) is 11.6. The fourth-order valence-electron chi connectivity index (χ4n) is 5.27. The normalized spacial score (nSPS) is 26.8. The number of hydrogen-bond acceptors (Lipinski definition) is 8. The Labute approximate surface area is 191 Å².